The summed E-state index contributed by atoms with van der Waals surface area (Å²) in [5.74, 6) is 1.19. The van der Waals surface area contributed by atoms with Gasteiger partial charge >= 0.3 is 0 Å². The highest BCUT2D eigenvalue weighted by Crippen LogP contribution is 2.32. The summed E-state index contributed by atoms with van der Waals surface area (Å²) in [5.41, 5.74) is 4.67. The molecule has 1 aromatic carbocycles. The lowest BCUT2D eigenvalue weighted by Crippen LogP contribution is -2.43. The Balaban J connectivity index is 1.33. The minimum absolute atomic E-state index is 0.0847. The lowest BCUT2D eigenvalue weighted by atomic mass is 9.93. The van der Waals surface area contributed by atoms with Gasteiger partial charge in [0.2, 0.25) is 0 Å². The van der Waals surface area contributed by atoms with Gasteiger partial charge in [-0.25, -0.2) is 9.97 Å². The van der Waals surface area contributed by atoms with E-state index in [1.165, 1.54) is 16.8 Å². The molecular weight excluding hydrogens is 364 g/mol. The maximum absolute atomic E-state index is 13.3. The first kappa shape index (κ1) is 18.7. The van der Waals surface area contributed by atoms with Gasteiger partial charge in [-0.2, -0.15) is 0 Å². The van der Waals surface area contributed by atoms with Crippen LogP contribution in [0.4, 0.5) is 0 Å². The van der Waals surface area contributed by atoms with Gasteiger partial charge in [0.05, 0.1) is 6.61 Å². The number of hydrogen-bond acceptors (Lipinski definition) is 5. The molecule has 0 radical (unpaired) electrons. The third-order valence-corrected chi connectivity index (χ3v) is 6.46. The molecule has 3 aliphatic heterocycles. The van der Waals surface area contributed by atoms with E-state index in [9.17, 15) is 4.79 Å². The number of nitrogens with zero attached hydrogens (tertiary/aromatic N) is 4. The summed E-state index contributed by atoms with van der Waals surface area (Å²) < 4.78 is 5.92. The van der Waals surface area contributed by atoms with Crippen molar-refractivity contribution in [2.24, 2.45) is 0 Å². The molecule has 3 aliphatic rings. The van der Waals surface area contributed by atoms with E-state index in [1.807, 2.05) is 29.3 Å². The second-order valence-corrected chi connectivity index (χ2v) is 8.51. The predicted molar refractivity (Wildman–Crippen MR) is 109 cm³/mol. The number of piperidine rings is 1. The van der Waals surface area contributed by atoms with Crippen molar-refractivity contribution in [1.82, 2.24) is 19.8 Å². The Morgan fingerprint density at radius 2 is 2.07 bits per heavy atom. The fourth-order valence-corrected chi connectivity index (χ4v) is 4.82. The number of carbonyl (C=O) groups is 1. The van der Waals surface area contributed by atoms with E-state index in [2.05, 4.69) is 23.0 Å². The Bertz CT molecular complexity index is 916. The molecule has 1 saturated heterocycles. The van der Waals surface area contributed by atoms with Crippen LogP contribution in [0.5, 0.6) is 0 Å². The van der Waals surface area contributed by atoms with Crippen LogP contribution in [-0.4, -0.2) is 59.0 Å². The van der Waals surface area contributed by atoms with Gasteiger partial charge in [0.15, 0.2) is 6.10 Å². The lowest BCUT2D eigenvalue weighted by Gasteiger charge is -2.36. The summed E-state index contributed by atoms with van der Waals surface area (Å²) in [6, 6.07) is 8.16. The minimum atomic E-state index is -0.473. The Hall–Kier alpha value is -2.31. The molecule has 0 unspecified atom stereocenters. The maximum atomic E-state index is 13.3. The highest BCUT2D eigenvalue weighted by molar-refractivity contribution is 5.83. The molecule has 0 N–H and O–H groups in total. The van der Waals surface area contributed by atoms with Crippen molar-refractivity contribution in [3.05, 3.63) is 58.7 Å². The van der Waals surface area contributed by atoms with Crippen LogP contribution in [0.25, 0.3) is 0 Å². The number of aromatic nitrogens is 2. The number of carbonyl (C=O) groups excluding carboxylic acids is 1. The number of likely N-dealkylation sites (tertiary alicyclic amines) is 1. The fraction of sp³-hybridized carbons (Fsp3) is 0.522. The second kappa shape index (κ2) is 7.84. The van der Waals surface area contributed by atoms with Gasteiger partial charge in [-0.1, -0.05) is 24.3 Å². The summed E-state index contributed by atoms with van der Waals surface area (Å²) >= 11 is 0. The minimum Gasteiger partial charge on any atom is -0.363 e. The molecule has 2 aromatic rings. The van der Waals surface area contributed by atoms with Crippen LogP contribution in [0.2, 0.25) is 0 Å². The van der Waals surface area contributed by atoms with Crippen molar-refractivity contribution in [3.63, 3.8) is 0 Å². The summed E-state index contributed by atoms with van der Waals surface area (Å²) in [7, 11) is 2.13. The normalized spacial score (nSPS) is 24.7. The zero-order chi connectivity index (χ0) is 19.8. The maximum Gasteiger partial charge on any atom is 0.256 e. The molecule has 1 fully saturated rings. The van der Waals surface area contributed by atoms with E-state index in [0.29, 0.717) is 13.2 Å². The molecule has 4 heterocycles. The Kier molecular flexibility index (Phi) is 5.06. The largest absolute Gasteiger partial charge is 0.363 e. The average molecular weight is 393 g/mol. The summed E-state index contributed by atoms with van der Waals surface area (Å²) in [4.78, 5) is 27.2. The monoisotopic (exact) mass is 392 g/mol. The van der Waals surface area contributed by atoms with E-state index >= 15 is 0 Å². The van der Waals surface area contributed by atoms with Crippen molar-refractivity contribution in [2.75, 3.05) is 33.3 Å². The van der Waals surface area contributed by atoms with Gasteiger partial charge < -0.3 is 14.5 Å². The molecular formula is C23H28N4O2. The molecule has 6 heteroatoms. The highest BCUT2D eigenvalue weighted by atomic mass is 16.5. The molecule has 6 nitrogen and oxygen atoms in total. The molecule has 0 aliphatic carbocycles. The van der Waals surface area contributed by atoms with Gasteiger partial charge in [-0.3, -0.25) is 4.79 Å². The Labute approximate surface area is 171 Å². The first-order valence-electron chi connectivity index (χ1n) is 10.7. The number of rotatable bonds is 2. The predicted octanol–water partition coefficient (Wildman–Crippen LogP) is 2.48. The Morgan fingerprint density at radius 3 is 3.00 bits per heavy atom. The van der Waals surface area contributed by atoms with Crippen molar-refractivity contribution in [3.8, 4) is 0 Å². The summed E-state index contributed by atoms with van der Waals surface area (Å²) in [5, 5.41) is 0. The molecule has 0 saturated carbocycles. The second-order valence-electron chi connectivity index (χ2n) is 8.51. The fourth-order valence-electron chi connectivity index (χ4n) is 4.82. The average Bonchev–Trinajstić information content (AvgIpc) is 2.78. The SMILES string of the molecule is CN1CCc2nc([C@@H]3CCCN(C(=O)[C@@H]4OCCc5ccccc54)C3)ncc2C1. The summed E-state index contributed by atoms with van der Waals surface area (Å²) in [6.45, 7) is 4.03. The van der Waals surface area contributed by atoms with Crippen LogP contribution in [0.1, 0.15) is 53.1 Å². The van der Waals surface area contributed by atoms with Gasteiger partial charge in [-0.15, -0.1) is 0 Å². The zero-order valence-electron chi connectivity index (χ0n) is 17.0. The van der Waals surface area contributed by atoms with Crippen molar-refractivity contribution < 1.29 is 9.53 Å². The quantitative estimate of drug-likeness (QED) is 0.786. The van der Waals surface area contributed by atoms with Crippen molar-refractivity contribution >= 4 is 5.91 Å². The number of amides is 1. The van der Waals surface area contributed by atoms with Crippen LogP contribution in [0, 0.1) is 0 Å². The lowest BCUT2D eigenvalue weighted by molar-refractivity contribution is -0.146. The number of hydrogen-bond donors (Lipinski definition) is 0. The first-order chi connectivity index (χ1) is 14.2. The molecule has 152 valence electrons. The van der Waals surface area contributed by atoms with Gasteiger partial charge in [0.1, 0.15) is 5.82 Å². The number of fused-ring (bicyclic) bond motifs is 2. The van der Waals surface area contributed by atoms with E-state index in [0.717, 1.165) is 56.7 Å². The highest BCUT2D eigenvalue weighted by Gasteiger charge is 2.34. The molecule has 0 bridgehead atoms. The van der Waals surface area contributed by atoms with E-state index < -0.39 is 6.10 Å². The van der Waals surface area contributed by atoms with Crippen LogP contribution in [0.15, 0.2) is 30.5 Å². The van der Waals surface area contributed by atoms with Gasteiger partial charge in [0, 0.05) is 56.0 Å². The first-order valence-corrected chi connectivity index (χ1v) is 10.7. The van der Waals surface area contributed by atoms with Crippen LogP contribution >= 0.6 is 0 Å². The van der Waals surface area contributed by atoms with E-state index in [1.54, 1.807) is 0 Å². The van der Waals surface area contributed by atoms with Crippen LogP contribution in [-0.2, 0) is 28.9 Å². The van der Waals surface area contributed by atoms with Crippen molar-refractivity contribution in [1.29, 1.82) is 0 Å². The van der Waals surface area contributed by atoms with Gasteiger partial charge in [0.25, 0.3) is 5.91 Å². The Morgan fingerprint density at radius 1 is 1.17 bits per heavy atom. The van der Waals surface area contributed by atoms with Crippen LogP contribution < -0.4 is 0 Å². The van der Waals surface area contributed by atoms with E-state index in [4.69, 9.17) is 9.72 Å². The zero-order valence-corrected chi connectivity index (χ0v) is 17.0. The third kappa shape index (κ3) is 3.67. The number of benzene rings is 1. The molecule has 5 rings (SSSR count). The standard InChI is InChI=1S/C23H28N4O2/c1-26-11-8-20-18(14-26)13-24-22(25-20)17-6-4-10-27(15-17)23(28)21-19-7-3-2-5-16(19)9-12-29-21/h2-3,5,7,13,17,21H,4,6,8-12,14-15H2,1H3/t17-,21-/m1/s1. The number of likely N-dealkylation sites (N-methyl/N-ethyl adjacent to an activating group) is 1. The molecule has 1 aromatic heterocycles. The topological polar surface area (TPSA) is 58.6 Å². The van der Waals surface area contributed by atoms with Crippen LogP contribution in [0.3, 0.4) is 0 Å². The van der Waals surface area contributed by atoms with E-state index in [-0.39, 0.29) is 11.8 Å². The molecule has 1 amide bonds. The van der Waals surface area contributed by atoms with Crippen molar-refractivity contribution in [2.45, 2.75) is 44.2 Å². The molecule has 29 heavy (non-hydrogen) atoms. The third-order valence-electron chi connectivity index (χ3n) is 6.46. The van der Waals surface area contributed by atoms with Gasteiger partial charge in [-0.05, 0) is 37.4 Å². The summed E-state index contributed by atoms with van der Waals surface area (Å²) in [6.07, 6.45) is 5.38. The molecule has 2 atom stereocenters. The number of ether oxygens (including phenoxy) is 1. The molecule has 0 spiro atoms. The smallest absolute Gasteiger partial charge is 0.256 e.